The molecule has 25 heavy (non-hydrogen) atoms. The first kappa shape index (κ1) is 16.4. The quantitative estimate of drug-likeness (QED) is 0.746. The zero-order valence-electron chi connectivity index (χ0n) is 13.5. The lowest BCUT2D eigenvalue weighted by Gasteiger charge is -2.05. The van der Waals surface area contributed by atoms with E-state index in [1.54, 1.807) is 24.3 Å². The fourth-order valence-corrected chi connectivity index (χ4v) is 2.19. The molecule has 0 aliphatic heterocycles. The SMILES string of the molecule is CC(=O)Nc1ccc(C(=O)NCc2nnc(-c3ccccc3)o2)cc1. The average Bonchev–Trinajstić information content (AvgIpc) is 3.10. The van der Waals surface area contributed by atoms with Crippen LogP contribution in [0.3, 0.4) is 0 Å². The molecule has 2 aromatic carbocycles. The summed E-state index contributed by atoms with van der Waals surface area (Å²) in [5, 5.41) is 13.3. The van der Waals surface area contributed by atoms with Gasteiger partial charge in [-0.05, 0) is 36.4 Å². The summed E-state index contributed by atoms with van der Waals surface area (Å²) in [6, 6.07) is 16.0. The minimum atomic E-state index is -0.270. The first-order valence-electron chi connectivity index (χ1n) is 7.65. The molecule has 0 aliphatic rings. The van der Waals surface area contributed by atoms with Gasteiger partial charge in [-0.1, -0.05) is 18.2 Å². The van der Waals surface area contributed by atoms with Crippen LogP contribution < -0.4 is 10.6 Å². The number of hydrogen-bond donors (Lipinski definition) is 2. The van der Waals surface area contributed by atoms with Crippen LogP contribution in [0.4, 0.5) is 5.69 Å². The predicted octanol–water partition coefficient (Wildman–Crippen LogP) is 2.63. The molecule has 0 unspecified atom stereocenters. The Labute approximate surface area is 144 Å². The van der Waals surface area contributed by atoms with Crippen molar-refractivity contribution >= 4 is 17.5 Å². The monoisotopic (exact) mass is 336 g/mol. The summed E-state index contributed by atoms with van der Waals surface area (Å²) in [6.07, 6.45) is 0. The molecule has 0 bridgehead atoms. The van der Waals surface area contributed by atoms with E-state index in [0.717, 1.165) is 5.56 Å². The van der Waals surface area contributed by atoms with Gasteiger partial charge in [0, 0.05) is 23.7 Å². The van der Waals surface area contributed by atoms with Crippen molar-refractivity contribution in [2.45, 2.75) is 13.5 Å². The summed E-state index contributed by atoms with van der Waals surface area (Å²) < 4.78 is 5.53. The van der Waals surface area contributed by atoms with Crippen LogP contribution in [0.25, 0.3) is 11.5 Å². The summed E-state index contributed by atoms with van der Waals surface area (Å²) in [5.41, 5.74) is 1.92. The second-order valence-corrected chi connectivity index (χ2v) is 5.31. The molecular weight excluding hydrogens is 320 g/mol. The summed E-state index contributed by atoms with van der Waals surface area (Å²) in [4.78, 5) is 23.1. The molecule has 2 N–H and O–H groups in total. The number of aromatic nitrogens is 2. The van der Waals surface area contributed by atoms with Crippen molar-refractivity contribution in [3.05, 3.63) is 66.1 Å². The number of benzene rings is 2. The zero-order chi connectivity index (χ0) is 17.6. The standard InChI is InChI=1S/C18H16N4O3/c1-12(23)20-15-9-7-13(8-10-15)17(24)19-11-16-21-22-18(25-16)14-5-3-2-4-6-14/h2-10H,11H2,1H3,(H,19,24)(H,20,23). The molecule has 3 rings (SSSR count). The van der Waals surface area contributed by atoms with E-state index in [2.05, 4.69) is 20.8 Å². The number of nitrogens with one attached hydrogen (secondary N) is 2. The Morgan fingerprint density at radius 1 is 1.00 bits per heavy atom. The van der Waals surface area contributed by atoms with Crippen LogP contribution in [0.15, 0.2) is 59.0 Å². The van der Waals surface area contributed by atoms with Gasteiger partial charge in [0.25, 0.3) is 5.91 Å². The van der Waals surface area contributed by atoms with Gasteiger partial charge in [-0.25, -0.2) is 0 Å². The maximum Gasteiger partial charge on any atom is 0.251 e. The maximum absolute atomic E-state index is 12.1. The van der Waals surface area contributed by atoms with Crippen LogP contribution in [0.1, 0.15) is 23.2 Å². The lowest BCUT2D eigenvalue weighted by molar-refractivity contribution is -0.114. The molecule has 0 atom stereocenters. The molecule has 7 heteroatoms. The molecule has 1 heterocycles. The minimum Gasteiger partial charge on any atom is -0.419 e. The van der Waals surface area contributed by atoms with Gasteiger partial charge in [-0.15, -0.1) is 10.2 Å². The lowest BCUT2D eigenvalue weighted by Crippen LogP contribution is -2.22. The highest BCUT2D eigenvalue weighted by Crippen LogP contribution is 2.16. The van der Waals surface area contributed by atoms with Crippen molar-refractivity contribution in [1.29, 1.82) is 0 Å². The third-order valence-electron chi connectivity index (χ3n) is 3.36. The summed E-state index contributed by atoms with van der Waals surface area (Å²) in [6.45, 7) is 1.56. The van der Waals surface area contributed by atoms with Gasteiger partial charge < -0.3 is 15.1 Å². The Hall–Kier alpha value is -3.48. The molecule has 0 fully saturated rings. The van der Waals surface area contributed by atoms with Crippen LogP contribution in [-0.2, 0) is 11.3 Å². The van der Waals surface area contributed by atoms with Gasteiger partial charge >= 0.3 is 0 Å². The first-order valence-corrected chi connectivity index (χ1v) is 7.65. The highest BCUT2D eigenvalue weighted by atomic mass is 16.4. The predicted molar refractivity (Wildman–Crippen MR) is 91.6 cm³/mol. The molecule has 1 aromatic heterocycles. The Balaban J connectivity index is 1.59. The molecule has 3 aromatic rings. The molecule has 0 saturated heterocycles. The largest absolute Gasteiger partial charge is 0.419 e. The number of rotatable bonds is 5. The third-order valence-corrected chi connectivity index (χ3v) is 3.36. The Bertz CT molecular complexity index is 873. The van der Waals surface area contributed by atoms with E-state index in [9.17, 15) is 9.59 Å². The lowest BCUT2D eigenvalue weighted by atomic mass is 10.2. The third kappa shape index (κ3) is 4.29. The second-order valence-electron chi connectivity index (χ2n) is 5.31. The van der Waals surface area contributed by atoms with Gasteiger partial charge in [0.05, 0.1) is 6.54 Å². The molecule has 2 amide bonds. The number of amides is 2. The number of nitrogens with zero attached hydrogens (tertiary/aromatic N) is 2. The van der Waals surface area contributed by atoms with Gasteiger partial charge in [0.15, 0.2) is 0 Å². The highest BCUT2D eigenvalue weighted by molar-refractivity contribution is 5.95. The number of hydrogen-bond acceptors (Lipinski definition) is 5. The van der Waals surface area contributed by atoms with E-state index in [4.69, 9.17) is 4.42 Å². The fraction of sp³-hybridized carbons (Fsp3) is 0.111. The van der Waals surface area contributed by atoms with Crippen molar-refractivity contribution in [2.75, 3.05) is 5.32 Å². The van der Waals surface area contributed by atoms with E-state index in [1.807, 2.05) is 30.3 Å². The average molecular weight is 336 g/mol. The number of carbonyl (C=O) groups excluding carboxylic acids is 2. The molecule has 126 valence electrons. The summed E-state index contributed by atoms with van der Waals surface area (Å²) >= 11 is 0. The van der Waals surface area contributed by atoms with Crippen LogP contribution in [0.2, 0.25) is 0 Å². The normalized spacial score (nSPS) is 10.3. The minimum absolute atomic E-state index is 0.131. The maximum atomic E-state index is 12.1. The molecule has 0 radical (unpaired) electrons. The van der Waals surface area contributed by atoms with Crippen LogP contribution in [0.5, 0.6) is 0 Å². The summed E-state index contributed by atoms with van der Waals surface area (Å²) in [7, 11) is 0. The van der Waals surface area contributed by atoms with Gasteiger partial charge in [0.2, 0.25) is 17.7 Å². The fourth-order valence-electron chi connectivity index (χ4n) is 2.19. The summed E-state index contributed by atoms with van der Waals surface area (Å²) in [5.74, 6) is 0.295. The van der Waals surface area contributed by atoms with E-state index in [1.165, 1.54) is 6.92 Å². The van der Waals surface area contributed by atoms with E-state index < -0.39 is 0 Å². The molecule has 0 aliphatic carbocycles. The van der Waals surface area contributed by atoms with Crippen molar-refractivity contribution in [1.82, 2.24) is 15.5 Å². The molecule has 7 nitrogen and oxygen atoms in total. The smallest absolute Gasteiger partial charge is 0.251 e. The van der Waals surface area contributed by atoms with E-state index >= 15 is 0 Å². The highest BCUT2D eigenvalue weighted by Gasteiger charge is 2.10. The second kappa shape index (κ2) is 7.39. The number of carbonyl (C=O) groups is 2. The van der Waals surface area contributed by atoms with Crippen LogP contribution in [-0.4, -0.2) is 22.0 Å². The molecular formula is C18H16N4O3. The Morgan fingerprint density at radius 2 is 1.72 bits per heavy atom. The topological polar surface area (TPSA) is 97.1 Å². The van der Waals surface area contributed by atoms with E-state index in [0.29, 0.717) is 23.0 Å². The molecule has 0 saturated carbocycles. The van der Waals surface area contributed by atoms with Crippen molar-refractivity contribution in [3.8, 4) is 11.5 Å². The van der Waals surface area contributed by atoms with Crippen molar-refractivity contribution < 1.29 is 14.0 Å². The zero-order valence-corrected chi connectivity index (χ0v) is 13.5. The van der Waals surface area contributed by atoms with Crippen molar-refractivity contribution in [3.63, 3.8) is 0 Å². The van der Waals surface area contributed by atoms with Gasteiger partial charge in [-0.2, -0.15) is 0 Å². The van der Waals surface area contributed by atoms with Crippen LogP contribution in [0, 0.1) is 0 Å². The molecule has 0 spiro atoms. The van der Waals surface area contributed by atoms with Gasteiger partial charge in [0.1, 0.15) is 0 Å². The Morgan fingerprint density at radius 3 is 2.40 bits per heavy atom. The Kier molecular flexibility index (Phi) is 4.84. The van der Waals surface area contributed by atoms with Gasteiger partial charge in [-0.3, -0.25) is 9.59 Å². The van der Waals surface area contributed by atoms with E-state index in [-0.39, 0.29) is 18.4 Å². The van der Waals surface area contributed by atoms with Crippen LogP contribution >= 0.6 is 0 Å². The van der Waals surface area contributed by atoms with Crippen molar-refractivity contribution in [2.24, 2.45) is 0 Å². The first-order chi connectivity index (χ1) is 12.1. The number of anilines is 1.